The third kappa shape index (κ3) is 2.71. The summed E-state index contributed by atoms with van der Waals surface area (Å²) in [7, 11) is 1.88. The Bertz CT molecular complexity index is 646. The van der Waals surface area contributed by atoms with Gasteiger partial charge in [0.1, 0.15) is 5.82 Å². The Kier molecular flexibility index (Phi) is 4.06. The van der Waals surface area contributed by atoms with Crippen LogP contribution in [-0.4, -0.2) is 19.7 Å². The normalized spacial score (nSPS) is 10.9. The molecular weight excluding hydrogens is 262 g/mol. The van der Waals surface area contributed by atoms with Gasteiger partial charge in [0.15, 0.2) is 10.6 Å². The quantitative estimate of drug-likeness (QED) is 0.811. The van der Waals surface area contributed by atoms with E-state index in [1.54, 1.807) is 13.1 Å². The Morgan fingerprint density at radius 3 is 2.79 bits per heavy atom. The van der Waals surface area contributed by atoms with Gasteiger partial charge in [0, 0.05) is 35.8 Å². The third-order valence-electron chi connectivity index (χ3n) is 3.07. The molecule has 0 fully saturated rings. The van der Waals surface area contributed by atoms with Gasteiger partial charge >= 0.3 is 0 Å². The van der Waals surface area contributed by atoms with Crippen molar-refractivity contribution in [2.45, 2.75) is 31.3 Å². The molecule has 19 heavy (non-hydrogen) atoms. The lowest BCUT2D eigenvalue weighted by Gasteiger charge is -2.06. The minimum Gasteiger partial charge on any atom is -0.364 e. The maximum Gasteiger partial charge on any atom is 0.191 e. The lowest BCUT2D eigenvalue weighted by molar-refractivity contribution is 0.734. The molecule has 0 aromatic carbocycles. The van der Waals surface area contributed by atoms with Gasteiger partial charge in [-0.05, 0) is 13.8 Å². The van der Waals surface area contributed by atoms with Gasteiger partial charge in [-0.1, -0.05) is 11.8 Å². The SMILES string of the molecule is Cc1c[nH]c(CSc2nnc(CN)n2C)c(C)c1=O. The Morgan fingerprint density at radius 2 is 2.16 bits per heavy atom. The molecule has 2 rings (SSSR count). The van der Waals surface area contributed by atoms with Crippen molar-refractivity contribution in [2.75, 3.05) is 0 Å². The molecule has 2 aromatic heterocycles. The average molecular weight is 279 g/mol. The first-order chi connectivity index (χ1) is 9.04. The summed E-state index contributed by atoms with van der Waals surface area (Å²) in [6.07, 6.45) is 1.74. The second-order valence-electron chi connectivity index (χ2n) is 4.35. The van der Waals surface area contributed by atoms with Gasteiger partial charge in [0.2, 0.25) is 0 Å². The molecule has 6 nitrogen and oxygen atoms in total. The summed E-state index contributed by atoms with van der Waals surface area (Å²) in [6, 6.07) is 0. The lowest BCUT2D eigenvalue weighted by atomic mass is 10.2. The van der Waals surface area contributed by atoms with Crippen molar-refractivity contribution < 1.29 is 0 Å². The van der Waals surface area contributed by atoms with Crippen LogP contribution in [0, 0.1) is 13.8 Å². The molecule has 0 atom stereocenters. The van der Waals surface area contributed by atoms with Crippen LogP contribution in [0.2, 0.25) is 0 Å². The van der Waals surface area contributed by atoms with Crippen LogP contribution in [0.15, 0.2) is 16.1 Å². The highest BCUT2D eigenvalue weighted by atomic mass is 32.2. The molecule has 0 spiro atoms. The van der Waals surface area contributed by atoms with Gasteiger partial charge in [0.25, 0.3) is 0 Å². The van der Waals surface area contributed by atoms with Gasteiger partial charge in [0.05, 0.1) is 6.54 Å². The molecule has 2 heterocycles. The van der Waals surface area contributed by atoms with Crippen LogP contribution in [0.25, 0.3) is 0 Å². The first-order valence-corrected chi connectivity index (χ1v) is 6.92. The van der Waals surface area contributed by atoms with Crippen molar-refractivity contribution >= 4 is 11.8 Å². The fourth-order valence-corrected chi connectivity index (χ4v) is 2.71. The van der Waals surface area contributed by atoms with Crippen LogP contribution in [0.3, 0.4) is 0 Å². The summed E-state index contributed by atoms with van der Waals surface area (Å²) in [5.41, 5.74) is 8.05. The molecule has 2 aromatic rings. The van der Waals surface area contributed by atoms with E-state index in [1.807, 2.05) is 18.5 Å². The van der Waals surface area contributed by atoms with Crippen molar-refractivity contribution in [1.29, 1.82) is 0 Å². The summed E-state index contributed by atoms with van der Waals surface area (Å²) in [5, 5.41) is 8.86. The second-order valence-corrected chi connectivity index (χ2v) is 5.30. The zero-order valence-corrected chi connectivity index (χ0v) is 12.0. The summed E-state index contributed by atoms with van der Waals surface area (Å²) in [5.74, 6) is 1.40. The second kappa shape index (κ2) is 5.58. The van der Waals surface area contributed by atoms with Crippen LogP contribution in [-0.2, 0) is 19.3 Å². The van der Waals surface area contributed by atoms with E-state index in [9.17, 15) is 4.79 Å². The monoisotopic (exact) mass is 279 g/mol. The fraction of sp³-hybridized carbons (Fsp3) is 0.417. The number of rotatable bonds is 4. The van der Waals surface area contributed by atoms with Crippen LogP contribution < -0.4 is 11.2 Å². The van der Waals surface area contributed by atoms with E-state index in [0.29, 0.717) is 12.3 Å². The number of nitrogens with zero attached hydrogens (tertiary/aromatic N) is 3. The van der Waals surface area contributed by atoms with E-state index in [4.69, 9.17) is 5.73 Å². The molecule has 0 aliphatic rings. The number of aromatic amines is 1. The van der Waals surface area contributed by atoms with E-state index in [2.05, 4.69) is 15.2 Å². The van der Waals surface area contributed by atoms with Gasteiger partial charge in [-0.3, -0.25) is 4.79 Å². The molecule has 0 radical (unpaired) electrons. The molecule has 0 saturated carbocycles. The molecule has 102 valence electrons. The highest BCUT2D eigenvalue weighted by Crippen LogP contribution is 2.20. The fourth-order valence-electron chi connectivity index (χ4n) is 1.74. The summed E-state index contributed by atoms with van der Waals surface area (Å²) in [6.45, 7) is 4.01. The van der Waals surface area contributed by atoms with Crippen molar-refractivity contribution in [1.82, 2.24) is 19.7 Å². The zero-order valence-electron chi connectivity index (χ0n) is 11.2. The lowest BCUT2D eigenvalue weighted by Crippen LogP contribution is -2.12. The molecule has 0 bridgehead atoms. The van der Waals surface area contributed by atoms with Gasteiger partial charge in [-0.25, -0.2) is 0 Å². The van der Waals surface area contributed by atoms with Crippen LogP contribution in [0.5, 0.6) is 0 Å². The van der Waals surface area contributed by atoms with Crippen molar-refractivity contribution in [3.63, 3.8) is 0 Å². The molecule has 0 saturated heterocycles. The van der Waals surface area contributed by atoms with E-state index in [1.165, 1.54) is 11.8 Å². The average Bonchev–Trinajstić information content (AvgIpc) is 2.76. The molecular formula is C12H17N5OS. The molecule has 3 N–H and O–H groups in total. The summed E-state index contributed by atoms with van der Waals surface area (Å²) in [4.78, 5) is 15.0. The van der Waals surface area contributed by atoms with Crippen LogP contribution in [0.4, 0.5) is 0 Å². The predicted molar refractivity (Wildman–Crippen MR) is 75.0 cm³/mol. The summed E-state index contributed by atoms with van der Waals surface area (Å²) >= 11 is 1.53. The standard InChI is InChI=1S/C12H17N5OS/c1-7-5-14-9(8(2)11(7)18)6-19-12-16-15-10(4-13)17(12)3/h5H,4,6,13H2,1-3H3,(H,14,18). The number of pyridine rings is 1. The first kappa shape index (κ1) is 13.8. The van der Waals surface area contributed by atoms with Crippen molar-refractivity contribution in [3.05, 3.63) is 39.1 Å². The van der Waals surface area contributed by atoms with Crippen LogP contribution in [0.1, 0.15) is 22.6 Å². The number of hydrogen-bond acceptors (Lipinski definition) is 5. The van der Waals surface area contributed by atoms with Crippen molar-refractivity contribution in [3.8, 4) is 0 Å². The zero-order chi connectivity index (χ0) is 14.0. The number of aromatic nitrogens is 4. The topological polar surface area (TPSA) is 89.6 Å². The van der Waals surface area contributed by atoms with Crippen molar-refractivity contribution in [2.24, 2.45) is 12.8 Å². The molecule has 0 amide bonds. The number of H-pyrrole nitrogens is 1. The highest BCUT2D eigenvalue weighted by Gasteiger charge is 2.10. The van der Waals surface area contributed by atoms with Gasteiger partial charge in [-0.2, -0.15) is 0 Å². The maximum absolute atomic E-state index is 11.8. The van der Waals surface area contributed by atoms with Gasteiger partial charge < -0.3 is 15.3 Å². The van der Waals surface area contributed by atoms with Gasteiger partial charge in [-0.15, -0.1) is 10.2 Å². The number of hydrogen-bond donors (Lipinski definition) is 2. The minimum absolute atomic E-state index is 0.0926. The van der Waals surface area contributed by atoms with Crippen LogP contribution >= 0.6 is 11.8 Å². The number of thioether (sulfide) groups is 1. The smallest absolute Gasteiger partial charge is 0.191 e. The van der Waals surface area contributed by atoms with E-state index < -0.39 is 0 Å². The first-order valence-electron chi connectivity index (χ1n) is 5.93. The number of nitrogens with one attached hydrogen (secondary N) is 1. The largest absolute Gasteiger partial charge is 0.364 e. The summed E-state index contributed by atoms with van der Waals surface area (Å²) < 4.78 is 1.87. The molecule has 0 unspecified atom stereocenters. The predicted octanol–water partition coefficient (Wildman–Crippen LogP) is 0.871. The number of nitrogens with two attached hydrogens (primary N) is 1. The minimum atomic E-state index is 0.0926. The molecule has 0 aliphatic carbocycles. The van der Waals surface area contributed by atoms with E-state index in [-0.39, 0.29) is 5.43 Å². The third-order valence-corrected chi connectivity index (χ3v) is 4.11. The molecule has 7 heteroatoms. The Morgan fingerprint density at radius 1 is 1.42 bits per heavy atom. The maximum atomic E-state index is 11.8. The molecule has 0 aliphatic heterocycles. The Hall–Kier alpha value is -1.60. The van der Waals surface area contributed by atoms with E-state index in [0.717, 1.165) is 27.8 Å². The Labute approximate surface area is 115 Å². The Balaban J connectivity index is 2.17. The number of aryl methyl sites for hydroxylation is 1. The highest BCUT2D eigenvalue weighted by molar-refractivity contribution is 7.98. The van der Waals surface area contributed by atoms with E-state index >= 15 is 0 Å².